The number of ether oxygens (including phenoxy) is 1. The highest BCUT2D eigenvalue weighted by Crippen LogP contribution is 2.45. The zero-order chi connectivity index (χ0) is 14.9. The van der Waals surface area contributed by atoms with Gasteiger partial charge in [-0.3, -0.25) is 14.0 Å². The van der Waals surface area contributed by atoms with Crippen molar-refractivity contribution < 1.29 is 18.7 Å². The first-order valence-corrected chi connectivity index (χ1v) is 7.48. The van der Waals surface area contributed by atoms with Gasteiger partial charge in [-0.1, -0.05) is 6.07 Å². The van der Waals surface area contributed by atoms with Crippen molar-refractivity contribution in [3.8, 4) is 5.75 Å². The minimum Gasteiger partial charge on any atom is -0.493 e. The Labute approximate surface area is 123 Å². The lowest BCUT2D eigenvalue weighted by Crippen LogP contribution is -2.38. The van der Waals surface area contributed by atoms with E-state index in [1.165, 1.54) is 5.56 Å². The van der Waals surface area contributed by atoms with E-state index in [-0.39, 0.29) is 30.1 Å². The van der Waals surface area contributed by atoms with Gasteiger partial charge in [0.2, 0.25) is 0 Å². The molecule has 4 heteroatoms. The van der Waals surface area contributed by atoms with E-state index in [4.69, 9.17) is 4.74 Å². The summed E-state index contributed by atoms with van der Waals surface area (Å²) in [6.45, 7) is -0.00948. The lowest BCUT2D eigenvalue weighted by Gasteiger charge is -2.30. The molecule has 1 atom stereocenters. The molecular weight excluding hydrogens is 271 g/mol. The molecule has 1 unspecified atom stereocenters. The molecule has 0 amide bonds. The Morgan fingerprint density at radius 3 is 2.76 bits per heavy atom. The summed E-state index contributed by atoms with van der Waals surface area (Å²) in [6.07, 6.45) is 3.10. The lowest BCUT2D eigenvalue weighted by atomic mass is 9.70. The summed E-state index contributed by atoms with van der Waals surface area (Å²) in [7, 11) is 0. The Morgan fingerprint density at radius 1 is 1.19 bits per heavy atom. The molecule has 3 rings (SSSR count). The highest BCUT2D eigenvalue weighted by Gasteiger charge is 2.46. The minimum absolute atomic E-state index is 0.0665. The van der Waals surface area contributed by atoms with Crippen molar-refractivity contribution in [1.82, 2.24) is 0 Å². The molecule has 1 fully saturated rings. The fourth-order valence-electron chi connectivity index (χ4n) is 3.41. The summed E-state index contributed by atoms with van der Waals surface area (Å²) in [6, 6.07) is 5.85. The Kier molecular flexibility index (Phi) is 3.79. The largest absolute Gasteiger partial charge is 0.493 e. The highest BCUT2D eigenvalue weighted by atomic mass is 19.1. The zero-order valence-electron chi connectivity index (χ0n) is 12.0. The van der Waals surface area contributed by atoms with E-state index in [2.05, 4.69) is 0 Å². The number of alkyl halides is 1. The molecule has 0 heterocycles. The normalized spacial score (nSPS) is 24.4. The second-order valence-electron chi connectivity index (χ2n) is 6.09. The van der Waals surface area contributed by atoms with Gasteiger partial charge < -0.3 is 4.74 Å². The molecule has 0 aromatic heterocycles. The highest BCUT2D eigenvalue weighted by molar-refractivity contribution is 6.04. The van der Waals surface area contributed by atoms with Gasteiger partial charge in [-0.15, -0.1) is 0 Å². The van der Waals surface area contributed by atoms with Crippen molar-refractivity contribution in [2.75, 3.05) is 13.3 Å². The Morgan fingerprint density at radius 2 is 2.00 bits per heavy atom. The van der Waals surface area contributed by atoms with Gasteiger partial charge in [0, 0.05) is 18.3 Å². The molecule has 1 aromatic carbocycles. The Balaban J connectivity index is 1.75. The van der Waals surface area contributed by atoms with E-state index in [0.717, 1.165) is 17.7 Å². The van der Waals surface area contributed by atoms with Crippen LogP contribution in [0.15, 0.2) is 18.2 Å². The molecule has 0 aliphatic heterocycles. The quantitative estimate of drug-likeness (QED) is 0.632. The predicted molar refractivity (Wildman–Crippen MR) is 76.2 cm³/mol. The fraction of sp³-hybridized carbons (Fsp3) is 0.529. The van der Waals surface area contributed by atoms with Gasteiger partial charge in [0.15, 0.2) is 0 Å². The minimum atomic E-state index is -0.378. The van der Waals surface area contributed by atoms with Crippen LogP contribution < -0.4 is 4.74 Å². The predicted octanol–water partition coefficient (Wildman–Crippen LogP) is 2.83. The first-order chi connectivity index (χ1) is 10.1. The number of halogens is 1. The van der Waals surface area contributed by atoms with Gasteiger partial charge in [-0.05, 0) is 42.5 Å². The summed E-state index contributed by atoms with van der Waals surface area (Å²) in [5.74, 6) is 0.894. The second kappa shape index (κ2) is 5.58. The Bertz CT molecular complexity index is 581. The van der Waals surface area contributed by atoms with Crippen LogP contribution in [0.4, 0.5) is 4.39 Å². The number of hydrogen-bond donors (Lipinski definition) is 0. The smallest absolute Gasteiger partial charge is 0.147 e. The van der Waals surface area contributed by atoms with Crippen LogP contribution >= 0.6 is 0 Å². The molecule has 1 saturated carbocycles. The van der Waals surface area contributed by atoms with Crippen LogP contribution in [-0.4, -0.2) is 24.8 Å². The summed E-state index contributed by atoms with van der Waals surface area (Å²) < 4.78 is 17.6. The van der Waals surface area contributed by atoms with Gasteiger partial charge in [0.1, 0.15) is 17.3 Å². The molecule has 3 nitrogen and oxygen atoms in total. The third-order valence-electron chi connectivity index (χ3n) is 4.61. The van der Waals surface area contributed by atoms with Crippen LogP contribution in [0, 0.1) is 5.41 Å². The van der Waals surface area contributed by atoms with Gasteiger partial charge in [0.05, 0.1) is 19.7 Å². The van der Waals surface area contributed by atoms with Crippen molar-refractivity contribution in [2.45, 2.75) is 38.5 Å². The number of carbonyl (C=O) groups excluding carboxylic acids is 2. The van der Waals surface area contributed by atoms with Crippen LogP contribution in [0.5, 0.6) is 5.75 Å². The summed E-state index contributed by atoms with van der Waals surface area (Å²) in [4.78, 5) is 23.7. The van der Waals surface area contributed by atoms with Crippen LogP contribution in [0.2, 0.25) is 0 Å². The van der Waals surface area contributed by atoms with Crippen molar-refractivity contribution in [2.24, 2.45) is 5.41 Å². The third-order valence-corrected chi connectivity index (χ3v) is 4.61. The number of hydrogen-bond acceptors (Lipinski definition) is 3. The number of ketones is 2. The number of rotatable bonds is 4. The molecule has 0 radical (unpaired) electrons. The van der Waals surface area contributed by atoms with E-state index in [9.17, 15) is 14.0 Å². The average Bonchev–Trinajstić information content (AvgIpc) is 2.83. The van der Waals surface area contributed by atoms with Crippen molar-refractivity contribution in [3.63, 3.8) is 0 Å². The molecule has 2 aliphatic rings. The summed E-state index contributed by atoms with van der Waals surface area (Å²) in [5.41, 5.74) is 1.94. The monoisotopic (exact) mass is 290 g/mol. The maximum absolute atomic E-state index is 12.3. The lowest BCUT2D eigenvalue weighted by molar-refractivity contribution is -0.137. The number of benzene rings is 1. The van der Waals surface area contributed by atoms with Gasteiger partial charge in [0.25, 0.3) is 0 Å². The van der Waals surface area contributed by atoms with E-state index in [1.54, 1.807) is 0 Å². The number of carbonyl (C=O) groups is 2. The van der Waals surface area contributed by atoms with E-state index < -0.39 is 0 Å². The maximum Gasteiger partial charge on any atom is 0.147 e. The maximum atomic E-state index is 12.3. The molecule has 2 aliphatic carbocycles. The molecule has 21 heavy (non-hydrogen) atoms. The standard InChI is InChI=1S/C17H19FO3/c18-6-1-7-21-15-3-2-12-10-17(11-13(12)8-15)5-4-14(19)9-16(17)20/h2-3,8H,1,4-7,9-11H2. The molecular formula is C17H19FO3. The van der Waals surface area contributed by atoms with Gasteiger partial charge >= 0.3 is 0 Å². The molecule has 112 valence electrons. The second-order valence-corrected chi connectivity index (χ2v) is 6.09. The topological polar surface area (TPSA) is 43.4 Å². The SMILES string of the molecule is O=C1CCC2(Cc3ccc(OCCCF)cc3C2)C(=O)C1. The third kappa shape index (κ3) is 2.71. The van der Waals surface area contributed by atoms with Crippen molar-refractivity contribution in [1.29, 1.82) is 0 Å². The van der Waals surface area contributed by atoms with Crippen molar-refractivity contribution >= 4 is 11.6 Å². The van der Waals surface area contributed by atoms with Gasteiger partial charge in [-0.25, -0.2) is 0 Å². The Hall–Kier alpha value is -1.71. The first kappa shape index (κ1) is 14.2. The van der Waals surface area contributed by atoms with E-state index >= 15 is 0 Å². The number of Topliss-reactive ketones (excluding diaryl/α,β-unsaturated/α-hetero) is 2. The zero-order valence-corrected chi connectivity index (χ0v) is 12.0. The molecule has 0 saturated heterocycles. The first-order valence-electron chi connectivity index (χ1n) is 7.48. The van der Waals surface area contributed by atoms with Gasteiger partial charge in [-0.2, -0.15) is 0 Å². The van der Waals surface area contributed by atoms with Crippen LogP contribution in [-0.2, 0) is 22.4 Å². The summed E-state index contributed by atoms with van der Waals surface area (Å²) in [5, 5.41) is 0. The fourth-order valence-corrected chi connectivity index (χ4v) is 3.41. The average molecular weight is 290 g/mol. The number of fused-ring (bicyclic) bond motifs is 1. The van der Waals surface area contributed by atoms with Crippen LogP contribution in [0.3, 0.4) is 0 Å². The molecule has 1 aromatic rings. The molecule has 0 bridgehead atoms. The van der Waals surface area contributed by atoms with E-state index in [0.29, 0.717) is 32.3 Å². The van der Waals surface area contributed by atoms with Crippen molar-refractivity contribution in [3.05, 3.63) is 29.3 Å². The van der Waals surface area contributed by atoms with E-state index in [1.807, 2.05) is 18.2 Å². The van der Waals surface area contributed by atoms with Crippen LogP contribution in [0.1, 0.15) is 36.8 Å². The van der Waals surface area contributed by atoms with Crippen LogP contribution in [0.25, 0.3) is 0 Å². The molecule has 1 spiro atoms. The molecule has 0 N–H and O–H groups in total. The summed E-state index contributed by atoms with van der Waals surface area (Å²) >= 11 is 0.